The molecular formula is C13H20N4. The summed E-state index contributed by atoms with van der Waals surface area (Å²) in [5.41, 5.74) is 1.69. The number of hydrogen-bond acceptors (Lipinski definition) is 4. The summed E-state index contributed by atoms with van der Waals surface area (Å²) in [5, 5.41) is 12.0. The summed E-state index contributed by atoms with van der Waals surface area (Å²) >= 11 is 0. The van der Waals surface area contributed by atoms with E-state index in [1.165, 1.54) is 0 Å². The van der Waals surface area contributed by atoms with Crippen LogP contribution in [0, 0.1) is 5.41 Å². The molecule has 0 aromatic carbocycles. The molecule has 2 fully saturated rings. The maximum atomic E-state index is 4.35. The van der Waals surface area contributed by atoms with E-state index < -0.39 is 0 Å². The van der Waals surface area contributed by atoms with Crippen LogP contribution in [0.5, 0.6) is 0 Å². The molecule has 0 atom stereocenters. The highest BCUT2D eigenvalue weighted by molar-refractivity contribution is 5.43. The highest BCUT2D eigenvalue weighted by Gasteiger charge is 2.48. The van der Waals surface area contributed by atoms with E-state index in [9.17, 15) is 0 Å². The lowest BCUT2D eigenvalue weighted by atomic mass is 9.74. The van der Waals surface area contributed by atoms with E-state index in [1.807, 2.05) is 0 Å². The molecule has 3 rings (SSSR count). The van der Waals surface area contributed by atoms with Crippen molar-refractivity contribution in [3.8, 4) is 0 Å². The fourth-order valence-electron chi connectivity index (χ4n) is 2.52. The van der Waals surface area contributed by atoms with Crippen molar-refractivity contribution < 1.29 is 0 Å². The summed E-state index contributed by atoms with van der Waals surface area (Å²) in [4.78, 5) is 2.32. The maximum Gasteiger partial charge on any atom is 0.151 e. The fraction of sp³-hybridized carbons (Fsp3) is 0.692. The van der Waals surface area contributed by atoms with E-state index in [1.54, 1.807) is 0 Å². The first-order valence-electron chi connectivity index (χ1n) is 6.29. The summed E-state index contributed by atoms with van der Waals surface area (Å²) in [6.45, 7) is 11.1. The lowest BCUT2D eigenvalue weighted by Crippen LogP contribution is -2.71. The summed E-state index contributed by atoms with van der Waals surface area (Å²) in [6.07, 6.45) is 0. The average Bonchev–Trinajstić information content (AvgIpc) is 2.12. The molecule has 0 amide bonds. The summed E-state index contributed by atoms with van der Waals surface area (Å²) in [7, 11) is 0. The number of hydrogen-bond donors (Lipinski definition) is 1. The standard InChI is InChI=1S/C13H20N4/c1-12(2,3)10-4-5-11(16-15-10)17-8-13(9-17)6-14-7-13/h4-5,14H,6-9H2,1-3H3. The van der Waals surface area contributed by atoms with Gasteiger partial charge < -0.3 is 10.2 Å². The predicted molar refractivity (Wildman–Crippen MR) is 68.2 cm³/mol. The van der Waals surface area contributed by atoms with Crippen LogP contribution in [-0.4, -0.2) is 36.4 Å². The smallest absolute Gasteiger partial charge is 0.151 e. The monoisotopic (exact) mass is 232 g/mol. The van der Waals surface area contributed by atoms with Gasteiger partial charge in [0.05, 0.1) is 5.69 Å². The van der Waals surface area contributed by atoms with E-state index in [2.05, 4.69) is 53.3 Å². The largest absolute Gasteiger partial charge is 0.354 e. The van der Waals surface area contributed by atoms with Gasteiger partial charge in [0, 0.05) is 37.0 Å². The molecule has 3 heterocycles. The SMILES string of the molecule is CC(C)(C)c1ccc(N2CC3(CNC3)C2)nn1. The maximum absolute atomic E-state index is 4.35. The second kappa shape index (κ2) is 3.42. The molecule has 1 aromatic rings. The first-order chi connectivity index (χ1) is 7.99. The minimum atomic E-state index is 0.0829. The fourth-order valence-corrected chi connectivity index (χ4v) is 2.52. The second-order valence-corrected chi connectivity index (χ2v) is 6.49. The van der Waals surface area contributed by atoms with Gasteiger partial charge >= 0.3 is 0 Å². The zero-order valence-corrected chi connectivity index (χ0v) is 10.8. The third kappa shape index (κ3) is 1.80. The lowest BCUT2D eigenvalue weighted by molar-refractivity contribution is 0.120. The number of aromatic nitrogens is 2. The van der Waals surface area contributed by atoms with E-state index in [-0.39, 0.29) is 5.41 Å². The Bertz CT molecular complexity index is 406. The van der Waals surface area contributed by atoms with E-state index in [0.717, 1.165) is 37.7 Å². The Hall–Kier alpha value is -1.16. The number of rotatable bonds is 1. The van der Waals surface area contributed by atoms with Crippen LogP contribution in [0.3, 0.4) is 0 Å². The molecule has 2 aliphatic rings. The quantitative estimate of drug-likeness (QED) is 0.789. The molecule has 1 aromatic heterocycles. The van der Waals surface area contributed by atoms with Crippen molar-refractivity contribution in [2.24, 2.45) is 5.41 Å². The van der Waals surface area contributed by atoms with Crippen molar-refractivity contribution >= 4 is 5.82 Å². The zero-order chi connectivity index (χ0) is 12.1. The van der Waals surface area contributed by atoms with Crippen molar-refractivity contribution in [1.29, 1.82) is 0 Å². The molecule has 4 nitrogen and oxygen atoms in total. The molecule has 2 aliphatic heterocycles. The molecule has 0 bridgehead atoms. The Kier molecular flexibility index (Phi) is 2.20. The molecular weight excluding hydrogens is 212 g/mol. The van der Waals surface area contributed by atoms with Gasteiger partial charge in [0.2, 0.25) is 0 Å². The molecule has 1 spiro atoms. The predicted octanol–water partition coefficient (Wildman–Crippen LogP) is 1.18. The van der Waals surface area contributed by atoms with Crippen molar-refractivity contribution in [3.63, 3.8) is 0 Å². The number of nitrogens with one attached hydrogen (secondary N) is 1. The van der Waals surface area contributed by atoms with Crippen molar-refractivity contribution in [1.82, 2.24) is 15.5 Å². The van der Waals surface area contributed by atoms with Gasteiger partial charge in [-0.2, -0.15) is 5.10 Å². The van der Waals surface area contributed by atoms with Crippen molar-refractivity contribution in [2.75, 3.05) is 31.1 Å². The molecule has 0 aliphatic carbocycles. The van der Waals surface area contributed by atoms with Crippen LogP contribution in [-0.2, 0) is 5.41 Å². The summed E-state index contributed by atoms with van der Waals surface area (Å²) in [5.74, 6) is 1.02. The van der Waals surface area contributed by atoms with Gasteiger partial charge in [-0.15, -0.1) is 5.10 Å². The van der Waals surface area contributed by atoms with Crippen molar-refractivity contribution in [3.05, 3.63) is 17.8 Å². The van der Waals surface area contributed by atoms with E-state index >= 15 is 0 Å². The van der Waals surface area contributed by atoms with Crippen LogP contribution in [0.15, 0.2) is 12.1 Å². The number of nitrogens with zero attached hydrogens (tertiary/aromatic N) is 3. The van der Waals surface area contributed by atoms with Crippen molar-refractivity contribution in [2.45, 2.75) is 26.2 Å². The van der Waals surface area contributed by atoms with Gasteiger partial charge in [0.1, 0.15) is 0 Å². The Labute approximate surface area is 102 Å². The molecule has 0 unspecified atom stereocenters. The first-order valence-corrected chi connectivity index (χ1v) is 6.29. The topological polar surface area (TPSA) is 41.0 Å². The van der Waals surface area contributed by atoms with Crippen LogP contribution in [0.4, 0.5) is 5.82 Å². The first kappa shape index (κ1) is 11.0. The highest BCUT2D eigenvalue weighted by atomic mass is 15.3. The lowest BCUT2D eigenvalue weighted by Gasteiger charge is -2.56. The third-order valence-electron chi connectivity index (χ3n) is 3.80. The summed E-state index contributed by atoms with van der Waals surface area (Å²) in [6, 6.07) is 4.21. The molecule has 4 heteroatoms. The molecule has 2 saturated heterocycles. The molecule has 0 saturated carbocycles. The van der Waals surface area contributed by atoms with Gasteiger partial charge in [-0.25, -0.2) is 0 Å². The Balaban J connectivity index is 1.69. The molecule has 17 heavy (non-hydrogen) atoms. The normalized spacial score (nSPS) is 22.2. The average molecular weight is 232 g/mol. The van der Waals surface area contributed by atoms with Crippen LogP contribution in [0.25, 0.3) is 0 Å². The van der Waals surface area contributed by atoms with Crippen LogP contribution >= 0.6 is 0 Å². The molecule has 1 N–H and O–H groups in total. The van der Waals surface area contributed by atoms with Crippen LogP contribution in [0.1, 0.15) is 26.5 Å². The second-order valence-electron chi connectivity index (χ2n) is 6.49. The third-order valence-corrected chi connectivity index (χ3v) is 3.80. The molecule has 0 radical (unpaired) electrons. The van der Waals surface area contributed by atoms with Gasteiger partial charge in [-0.3, -0.25) is 0 Å². The Morgan fingerprint density at radius 3 is 2.29 bits per heavy atom. The number of anilines is 1. The minimum absolute atomic E-state index is 0.0829. The highest BCUT2D eigenvalue weighted by Crippen LogP contribution is 2.36. The van der Waals surface area contributed by atoms with Gasteiger partial charge in [-0.05, 0) is 12.1 Å². The van der Waals surface area contributed by atoms with Gasteiger partial charge in [-0.1, -0.05) is 20.8 Å². The Morgan fingerprint density at radius 2 is 1.88 bits per heavy atom. The zero-order valence-electron chi connectivity index (χ0n) is 10.8. The van der Waals surface area contributed by atoms with Crippen LogP contribution in [0.2, 0.25) is 0 Å². The van der Waals surface area contributed by atoms with Gasteiger partial charge in [0.25, 0.3) is 0 Å². The van der Waals surface area contributed by atoms with Crippen LogP contribution < -0.4 is 10.2 Å². The van der Waals surface area contributed by atoms with E-state index in [4.69, 9.17) is 0 Å². The Morgan fingerprint density at radius 1 is 1.18 bits per heavy atom. The van der Waals surface area contributed by atoms with E-state index in [0.29, 0.717) is 5.41 Å². The summed E-state index contributed by atoms with van der Waals surface area (Å²) < 4.78 is 0. The minimum Gasteiger partial charge on any atom is -0.354 e. The molecule has 92 valence electrons. The van der Waals surface area contributed by atoms with Gasteiger partial charge in [0.15, 0.2) is 5.82 Å².